The Balaban J connectivity index is 2.98. The Morgan fingerprint density at radius 2 is 2.19 bits per heavy atom. The number of aromatic nitrogens is 1. The van der Waals surface area contributed by atoms with Crippen LogP contribution < -0.4 is 5.49 Å². The van der Waals surface area contributed by atoms with Gasteiger partial charge in [-0.1, -0.05) is 19.8 Å². The van der Waals surface area contributed by atoms with Crippen molar-refractivity contribution in [1.82, 2.24) is 4.73 Å². The van der Waals surface area contributed by atoms with Crippen LogP contribution in [0.25, 0.3) is 0 Å². The smallest absolute Gasteiger partial charge is 0.275 e. The molecule has 0 aromatic carbocycles. The number of aryl methyl sites for hydroxylation is 1. The summed E-state index contributed by atoms with van der Waals surface area (Å²) in [6, 6.07) is 2.34. The van der Waals surface area contributed by atoms with E-state index in [4.69, 9.17) is 5.41 Å². The molecule has 0 amide bonds. The Kier molecular flexibility index (Phi) is 4.04. The van der Waals surface area contributed by atoms with Gasteiger partial charge in [-0.05, 0) is 12.8 Å². The Bertz CT molecular complexity index is 439. The largest absolute Gasteiger partial charge is 0.427 e. The Hall–Kier alpha value is -1.85. The first kappa shape index (κ1) is 12.2. The van der Waals surface area contributed by atoms with E-state index in [9.17, 15) is 15.3 Å². The summed E-state index contributed by atoms with van der Waals surface area (Å²) in [6.45, 7) is 2.05. The van der Waals surface area contributed by atoms with Gasteiger partial charge in [0.15, 0.2) is 5.49 Å². The molecule has 0 unspecified atom stereocenters. The first-order valence-corrected chi connectivity index (χ1v) is 5.20. The average Bonchev–Trinajstić information content (AvgIpc) is 2.24. The summed E-state index contributed by atoms with van der Waals surface area (Å²) in [6.07, 6.45) is 3.42. The van der Waals surface area contributed by atoms with Crippen molar-refractivity contribution >= 4 is 5.69 Å². The monoisotopic (exact) mass is 225 g/mol. The molecular weight excluding hydrogens is 210 g/mol. The average molecular weight is 225 g/mol. The van der Waals surface area contributed by atoms with Crippen LogP contribution in [0.1, 0.15) is 31.9 Å². The number of rotatable bonds is 5. The third kappa shape index (κ3) is 2.82. The summed E-state index contributed by atoms with van der Waals surface area (Å²) in [7, 11) is 0. The third-order valence-corrected chi connectivity index (χ3v) is 2.35. The summed E-state index contributed by atoms with van der Waals surface area (Å²) in [4.78, 5) is 10.0. The quantitative estimate of drug-likeness (QED) is 0.346. The van der Waals surface area contributed by atoms with Gasteiger partial charge in [-0.25, -0.2) is 0 Å². The second kappa shape index (κ2) is 5.29. The summed E-state index contributed by atoms with van der Waals surface area (Å²) in [5.41, 5.74) is -0.00449. The summed E-state index contributed by atoms with van der Waals surface area (Å²) < 4.78 is 0.697. The standard InChI is InChI=1S/C10H15N3O3/c1-2-3-4-5-8-6-9(13(15)16)7-10(11)12(8)14/h6-7,11,14H,2-5H2,1H3. The fourth-order valence-corrected chi connectivity index (χ4v) is 1.47. The molecule has 0 aliphatic rings. The highest BCUT2D eigenvalue weighted by molar-refractivity contribution is 5.29. The van der Waals surface area contributed by atoms with Crippen molar-refractivity contribution in [2.45, 2.75) is 32.6 Å². The van der Waals surface area contributed by atoms with Crippen LogP contribution in [0.3, 0.4) is 0 Å². The van der Waals surface area contributed by atoms with Crippen LogP contribution in [0.4, 0.5) is 5.69 Å². The molecule has 16 heavy (non-hydrogen) atoms. The predicted octanol–water partition coefficient (Wildman–Crippen LogP) is 1.85. The topological polar surface area (TPSA) is 92.2 Å². The van der Waals surface area contributed by atoms with Crippen LogP contribution in [0.2, 0.25) is 0 Å². The van der Waals surface area contributed by atoms with E-state index >= 15 is 0 Å². The van der Waals surface area contributed by atoms with Crippen molar-refractivity contribution in [2.75, 3.05) is 0 Å². The highest BCUT2D eigenvalue weighted by Crippen LogP contribution is 2.12. The van der Waals surface area contributed by atoms with Gasteiger partial charge in [-0.15, -0.1) is 0 Å². The molecule has 2 N–H and O–H groups in total. The minimum Gasteiger partial charge on any atom is -0.427 e. The lowest BCUT2D eigenvalue weighted by Gasteiger charge is -2.06. The number of nitro groups is 1. The maximum atomic E-state index is 10.6. The second-order valence-electron chi connectivity index (χ2n) is 3.62. The van der Waals surface area contributed by atoms with Crippen LogP contribution in [-0.2, 0) is 6.42 Å². The predicted molar refractivity (Wildman–Crippen MR) is 57.4 cm³/mol. The van der Waals surface area contributed by atoms with E-state index in [-0.39, 0.29) is 11.2 Å². The summed E-state index contributed by atoms with van der Waals surface area (Å²) in [5.74, 6) is 0. The van der Waals surface area contributed by atoms with E-state index in [0.29, 0.717) is 16.8 Å². The van der Waals surface area contributed by atoms with E-state index in [0.717, 1.165) is 25.3 Å². The van der Waals surface area contributed by atoms with Gasteiger partial charge in [0.2, 0.25) is 0 Å². The Labute approximate surface area is 92.8 Å². The van der Waals surface area contributed by atoms with E-state index in [2.05, 4.69) is 6.92 Å². The van der Waals surface area contributed by atoms with Gasteiger partial charge in [0.1, 0.15) is 0 Å². The molecule has 0 aliphatic carbocycles. The molecule has 1 heterocycles. The molecule has 0 atom stereocenters. The van der Waals surface area contributed by atoms with E-state index in [1.54, 1.807) is 0 Å². The van der Waals surface area contributed by atoms with Crippen LogP contribution in [0, 0.1) is 15.5 Å². The third-order valence-electron chi connectivity index (χ3n) is 2.35. The highest BCUT2D eigenvalue weighted by atomic mass is 16.6. The molecule has 1 rings (SSSR count). The zero-order chi connectivity index (χ0) is 12.1. The first-order valence-electron chi connectivity index (χ1n) is 5.20. The van der Waals surface area contributed by atoms with Crippen LogP contribution in [-0.4, -0.2) is 14.9 Å². The number of hydrogen-bond acceptors (Lipinski definition) is 4. The number of pyridine rings is 1. The van der Waals surface area contributed by atoms with Crippen molar-refractivity contribution in [3.8, 4) is 0 Å². The molecule has 0 spiro atoms. The lowest BCUT2D eigenvalue weighted by atomic mass is 10.1. The first-order chi connectivity index (χ1) is 7.56. The van der Waals surface area contributed by atoms with Crippen LogP contribution >= 0.6 is 0 Å². The molecular formula is C10H15N3O3. The van der Waals surface area contributed by atoms with Crippen molar-refractivity contribution in [3.05, 3.63) is 33.4 Å². The highest BCUT2D eigenvalue weighted by Gasteiger charge is 2.11. The van der Waals surface area contributed by atoms with Crippen molar-refractivity contribution < 1.29 is 10.1 Å². The molecule has 88 valence electrons. The molecule has 1 aromatic heterocycles. The van der Waals surface area contributed by atoms with Gasteiger partial charge in [0.05, 0.1) is 16.7 Å². The normalized spacial score (nSPS) is 10.3. The molecule has 0 radical (unpaired) electrons. The second-order valence-corrected chi connectivity index (χ2v) is 3.62. The van der Waals surface area contributed by atoms with Crippen LogP contribution in [0.15, 0.2) is 12.1 Å². The Morgan fingerprint density at radius 1 is 1.50 bits per heavy atom. The Morgan fingerprint density at radius 3 is 2.75 bits per heavy atom. The lowest BCUT2D eigenvalue weighted by Crippen LogP contribution is -2.21. The number of nitrogens with one attached hydrogen (secondary N) is 1. The molecule has 1 aromatic rings. The SMILES string of the molecule is CCCCCc1cc([N+](=O)[O-])cc(=N)n1O. The van der Waals surface area contributed by atoms with Gasteiger partial charge in [0.25, 0.3) is 5.69 Å². The summed E-state index contributed by atoms with van der Waals surface area (Å²) in [5, 5.41) is 27.5. The van der Waals surface area contributed by atoms with Gasteiger partial charge < -0.3 is 5.21 Å². The summed E-state index contributed by atoms with van der Waals surface area (Å²) >= 11 is 0. The van der Waals surface area contributed by atoms with Gasteiger partial charge in [0, 0.05) is 6.07 Å². The minimum absolute atomic E-state index is 0.151. The zero-order valence-corrected chi connectivity index (χ0v) is 9.14. The molecule has 0 fully saturated rings. The van der Waals surface area contributed by atoms with E-state index in [1.165, 1.54) is 6.07 Å². The maximum Gasteiger partial charge on any atom is 0.275 e. The minimum atomic E-state index is -0.554. The van der Waals surface area contributed by atoms with Gasteiger partial charge in [-0.3, -0.25) is 15.5 Å². The lowest BCUT2D eigenvalue weighted by molar-refractivity contribution is -0.385. The van der Waals surface area contributed by atoms with Crippen molar-refractivity contribution in [3.63, 3.8) is 0 Å². The zero-order valence-electron chi connectivity index (χ0n) is 9.14. The molecule has 6 heteroatoms. The fourth-order valence-electron chi connectivity index (χ4n) is 1.47. The van der Waals surface area contributed by atoms with Crippen molar-refractivity contribution in [2.24, 2.45) is 0 Å². The van der Waals surface area contributed by atoms with Crippen molar-refractivity contribution in [1.29, 1.82) is 5.41 Å². The van der Waals surface area contributed by atoms with E-state index < -0.39 is 4.92 Å². The maximum absolute atomic E-state index is 10.6. The molecule has 6 nitrogen and oxygen atoms in total. The van der Waals surface area contributed by atoms with Crippen LogP contribution in [0.5, 0.6) is 0 Å². The molecule has 0 saturated carbocycles. The van der Waals surface area contributed by atoms with E-state index in [1.807, 2.05) is 0 Å². The molecule has 0 saturated heterocycles. The number of unbranched alkanes of at least 4 members (excludes halogenated alkanes) is 2. The van der Waals surface area contributed by atoms with Gasteiger partial charge >= 0.3 is 0 Å². The van der Waals surface area contributed by atoms with Gasteiger partial charge in [-0.2, -0.15) is 4.73 Å². The molecule has 0 bridgehead atoms. The fraction of sp³-hybridized carbons (Fsp3) is 0.500. The molecule has 0 aliphatic heterocycles. The number of nitrogens with zero attached hydrogens (tertiary/aromatic N) is 2. The number of hydrogen-bond donors (Lipinski definition) is 2.